The van der Waals surface area contributed by atoms with Crippen molar-refractivity contribution >= 4 is 105 Å². The fraction of sp³-hybridized carbons (Fsp3) is 0.314. The van der Waals surface area contributed by atoms with Crippen LogP contribution >= 0.6 is 45.3 Å². The van der Waals surface area contributed by atoms with E-state index >= 15 is 0 Å². The zero-order valence-corrected chi connectivity index (χ0v) is 45.3. The highest BCUT2D eigenvalue weighted by molar-refractivity contribution is 7.88. The number of thiazole rings is 2. The van der Waals surface area contributed by atoms with Gasteiger partial charge in [0.05, 0.1) is 39.6 Å². The number of aromatic nitrogens is 4. The number of benzene rings is 2. The number of ether oxygens (including phenoxy) is 2. The predicted octanol–water partition coefficient (Wildman–Crippen LogP) is 9.76. The van der Waals surface area contributed by atoms with Crippen molar-refractivity contribution in [1.29, 1.82) is 0 Å². The van der Waals surface area contributed by atoms with Gasteiger partial charge in [0.1, 0.15) is 56.6 Å². The molecule has 0 saturated heterocycles. The number of pyridine rings is 2. The molecule has 0 spiro atoms. The van der Waals surface area contributed by atoms with E-state index < -0.39 is 28.0 Å². The largest absolute Gasteiger partial charge is 0.484 e. The van der Waals surface area contributed by atoms with Crippen LogP contribution < -0.4 is 26.8 Å². The molecule has 3 atom stereocenters. The standard InChI is InChI=1S/C51H57N9O6S6/c1-6-9-22-71(63)49-43(52)41-34(31-13-11-30(12-14-31)26-66-51(62)55-20-21-60(4)5)24-36(56-47(41)69-49)45-58-38(28-67-45)39-29-68-46(59-39)37-25-35(32-15-17-33(18-16-32)65-27-40(61)54-19-8-3)42-44(53)50(70-48(42)57-37)72(64)23-10-7-2/h8,11-18,24-25,28-29,51,55,62H,3,6-7,9-10,19-23,26-27,52-53H2,1-2,4-5H3,(H,54,61). The topological polar surface area (TPSA) is 221 Å². The number of anilines is 2. The van der Waals surface area contributed by atoms with Crippen molar-refractivity contribution in [2.24, 2.45) is 0 Å². The summed E-state index contributed by atoms with van der Waals surface area (Å²) in [6.07, 6.45) is 3.96. The van der Waals surface area contributed by atoms with E-state index in [0.717, 1.165) is 70.8 Å². The SMILES string of the molecule is C=CCNC(=O)COc1ccc(-c2cc(-c3nc(-c4csc(-c5cc(-c6ccc(COC(O)NCCN(C)C)cc6)c6c(N)c(S(=O)CCCC)sc6n5)n4)cs3)nc3sc(S(=O)CCCC)c(N)c23)cc1. The molecule has 0 bridgehead atoms. The molecule has 15 nitrogen and oxygen atoms in total. The van der Waals surface area contributed by atoms with Crippen LogP contribution in [-0.2, 0) is 37.7 Å². The number of amides is 1. The minimum absolute atomic E-state index is 0.136. The molecule has 3 unspecified atom stereocenters. The summed E-state index contributed by atoms with van der Waals surface area (Å²) in [5.74, 6) is 1.29. The summed E-state index contributed by atoms with van der Waals surface area (Å²) >= 11 is 5.59. The van der Waals surface area contributed by atoms with Gasteiger partial charge in [-0.05, 0) is 79.0 Å². The van der Waals surface area contributed by atoms with E-state index in [2.05, 4.69) is 31.1 Å². The molecule has 2 aromatic carbocycles. The van der Waals surface area contributed by atoms with Gasteiger partial charge in [-0.2, -0.15) is 0 Å². The number of carbonyl (C=O) groups is 1. The molecule has 0 aliphatic carbocycles. The van der Waals surface area contributed by atoms with Crippen LogP contribution in [-0.4, -0.2) is 103 Å². The number of carbonyl (C=O) groups excluding carboxylic acids is 1. The van der Waals surface area contributed by atoms with E-state index in [1.54, 1.807) is 18.2 Å². The Bertz CT molecular complexity index is 3220. The van der Waals surface area contributed by atoms with E-state index in [-0.39, 0.29) is 19.1 Å². The Kier molecular flexibility index (Phi) is 18.1. The van der Waals surface area contributed by atoms with Gasteiger partial charge in [-0.3, -0.25) is 18.5 Å². The number of hydrogen-bond donors (Lipinski definition) is 5. The normalized spacial score (nSPS) is 13.0. The second kappa shape index (κ2) is 24.6. The maximum atomic E-state index is 13.6. The minimum atomic E-state index is -1.29. The molecule has 1 amide bonds. The summed E-state index contributed by atoms with van der Waals surface area (Å²) in [4.78, 5) is 35.8. The van der Waals surface area contributed by atoms with Crippen LogP contribution in [0.3, 0.4) is 0 Å². The van der Waals surface area contributed by atoms with Crippen molar-refractivity contribution in [3.8, 4) is 60.8 Å². The Morgan fingerprint density at radius 3 is 1.79 bits per heavy atom. The zero-order chi connectivity index (χ0) is 50.9. The number of thiophene rings is 2. The molecule has 8 aromatic rings. The summed E-state index contributed by atoms with van der Waals surface area (Å²) < 4.78 is 39.7. The Morgan fingerprint density at radius 1 is 0.792 bits per heavy atom. The third kappa shape index (κ3) is 12.5. The van der Waals surface area contributed by atoms with Gasteiger partial charge in [-0.15, -0.1) is 51.9 Å². The highest BCUT2D eigenvalue weighted by Gasteiger charge is 2.25. The van der Waals surface area contributed by atoms with Crippen LogP contribution in [0, 0.1) is 0 Å². The van der Waals surface area contributed by atoms with Crippen LogP contribution in [0.5, 0.6) is 5.75 Å². The van der Waals surface area contributed by atoms with Crippen molar-refractivity contribution in [2.75, 3.05) is 63.3 Å². The third-order valence-corrected chi connectivity index (χ3v) is 19.1. The predicted molar refractivity (Wildman–Crippen MR) is 299 cm³/mol. The molecule has 0 radical (unpaired) electrons. The van der Waals surface area contributed by atoms with E-state index in [4.69, 9.17) is 40.9 Å². The van der Waals surface area contributed by atoms with Crippen LogP contribution in [0.1, 0.15) is 45.1 Å². The molecule has 8 rings (SSSR count). The van der Waals surface area contributed by atoms with Gasteiger partial charge in [0.25, 0.3) is 5.91 Å². The van der Waals surface area contributed by atoms with E-state index in [1.165, 1.54) is 45.3 Å². The highest BCUT2D eigenvalue weighted by atomic mass is 32.2. The van der Waals surface area contributed by atoms with E-state index in [0.29, 0.717) is 92.6 Å². The second-order valence-corrected chi connectivity index (χ2v) is 24.2. The fourth-order valence-electron chi connectivity index (χ4n) is 7.51. The molecule has 6 heterocycles. The number of likely N-dealkylation sites (N-methyl/N-ethyl adjacent to an activating group) is 1. The van der Waals surface area contributed by atoms with Crippen LogP contribution in [0.2, 0.25) is 0 Å². The number of nitrogens with one attached hydrogen (secondary N) is 2. The first-order chi connectivity index (χ1) is 34.8. The lowest BCUT2D eigenvalue weighted by molar-refractivity contribution is -0.128. The zero-order valence-electron chi connectivity index (χ0n) is 40.4. The summed E-state index contributed by atoms with van der Waals surface area (Å²) in [5, 5.41) is 22.7. The number of unbranched alkanes of at least 4 members (excludes halogenated alkanes) is 2. The lowest BCUT2D eigenvalue weighted by atomic mass is 10.0. The van der Waals surface area contributed by atoms with Gasteiger partial charge in [0.2, 0.25) is 6.41 Å². The molecule has 21 heteroatoms. The first kappa shape index (κ1) is 53.0. The molecule has 72 heavy (non-hydrogen) atoms. The summed E-state index contributed by atoms with van der Waals surface area (Å²) in [7, 11) is 1.36. The number of aliphatic hydroxyl groups is 1. The molecule has 378 valence electrons. The first-order valence-electron chi connectivity index (χ1n) is 23.4. The van der Waals surface area contributed by atoms with E-state index in [1.807, 2.05) is 78.3 Å². The smallest absolute Gasteiger partial charge is 0.258 e. The van der Waals surface area contributed by atoms with Gasteiger partial charge in [-0.1, -0.05) is 69.2 Å². The second-order valence-electron chi connectivity index (χ2n) is 17.0. The van der Waals surface area contributed by atoms with Gasteiger partial charge >= 0.3 is 0 Å². The maximum Gasteiger partial charge on any atom is 0.258 e. The van der Waals surface area contributed by atoms with E-state index in [9.17, 15) is 18.3 Å². The average Bonchev–Trinajstić information content (AvgIpc) is 4.21. The van der Waals surface area contributed by atoms with Gasteiger partial charge in [0, 0.05) is 52.7 Å². The molecular weight excluding hydrogens is 1030 g/mol. The van der Waals surface area contributed by atoms with Crippen molar-refractivity contribution < 1.29 is 27.8 Å². The monoisotopic (exact) mass is 1080 g/mol. The van der Waals surface area contributed by atoms with Gasteiger partial charge in [-0.25, -0.2) is 19.9 Å². The Labute approximate surface area is 439 Å². The molecule has 0 fully saturated rings. The fourth-order valence-corrected chi connectivity index (χ4v) is 14.6. The molecule has 0 aliphatic rings. The Morgan fingerprint density at radius 2 is 1.31 bits per heavy atom. The molecule has 0 aliphatic heterocycles. The van der Waals surface area contributed by atoms with Crippen LogP contribution in [0.15, 0.2) is 92.5 Å². The van der Waals surface area contributed by atoms with Gasteiger partial charge < -0.3 is 36.3 Å². The third-order valence-electron chi connectivity index (χ3n) is 11.3. The van der Waals surface area contributed by atoms with Crippen LogP contribution in [0.25, 0.3) is 75.5 Å². The van der Waals surface area contributed by atoms with Crippen molar-refractivity contribution in [2.45, 2.75) is 61.0 Å². The first-order valence-corrected chi connectivity index (χ1v) is 29.4. The Hall–Kier alpha value is -5.33. The van der Waals surface area contributed by atoms with Crippen molar-refractivity contribution in [3.63, 3.8) is 0 Å². The lowest BCUT2D eigenvalue weighted by Gasteiger charge is -2.16. The number of nitrogens with zero attached hydrogens (tertiary/aromatic N) is 5. The molecule has 6 aromatic heterocycles. The number of hydrogen-bond acceptors (Lipinski definition) is 18. The average molecular weight is 1080 g/mol. The number of fused-ring (bicyclic) bond motifs is 2. The van der Waals surface area contributed by atoms with Crippen LogP contribution in [0.4, 0.5) is 11.4 Å². The Balaban J connectivity index is 1.10. The van der Waals surface area contributed by atoms with Crippen molar-refractivity contribution in [1.82, 2.24) is 35.5 Å². The molecule has 0 saturated carbocycles. The number of rotatable bonds is 25. The maximum absolute atomic E-state index is 13.6. The quantitative estimate of drug-likeness (QED) is 0.0266. The summed E-state index contributed by atoms with van der Waals surface area (Å²) in [6, 6.07) is 19.3. The molecule has 7 N–H and O–H groups in total. The number of nitrogen functional groups attached to an aromatic ring is 2. The molecular formula is C51H57N9O6S6. The highest BCUT2D eigenvalue weighted by Crippen LogP contribution is 2.46. The number of aliphatic hydroxyl groups excluding tert-OH is 1. The number of nitrogens with two attached hydrogens (primary N) is 2. The minimum Gasteiger partial charge on any atom is -0.484 e. The summed E-state index contributed by atoms with van der Waals surface area (Å²) in [6.45, 7) is 9.53. The van der Waals surface area contributed by atoms with Gasteiger partial charge in [0.15, 0.2) is 6.61 Å². The lowest BCUT2D eigenvalue weighted by Crippen LogP contribution is -2.36. The van der Waals surface area contributed by atoms with Crippen molar-refractivity contribution in [3.05, 3.63) is 89.6 Å². The summed E-state index contributed by atoms with van der Waals surface area (Å²) in [5.41, 5.74) is 21.4.